The summed E-state index contributed by atoms with van der Waals surface area (Å²) in [4.78, 5) is 19.2. The van der Waals surface area contributed by atoms with E-state index in [1.165, 1.54) is 30.5 Å². The lowest BCUT2D eigenvalue weighted by atomic mass is 10.0. The summed E-state index contributed by atoms with van der Waals surface area (Å²) in [5.74, 6) is -0.0154. The summed E-state index contributed by atoms with van der Waals surface area (Å²) in [6, 6.07) is 8.75. The minimum Gasteiger partial charge on any atom is -0.420 e. The number of aromatic nitrogens is 3. The molecule has 174 valence electrons. The molecule has 1 atom stereocenters. The van der Waals surface area contributed by atoms with Gasteiger partial charge in [0.1, 0.15) is 11.6 Å². The fourth-order valence-electron chi connectivity index (χ4n) is 3.58. The summed E-state index contributed by atoms with van der Waals surface area (Å²) in [5.41, 5.74) is 2.80. The largest absolute Gasteiger partial charge is 0.487 e. The van der Waals surface area contributed by atoms with Crippen molar-refractivity contribution in [1.29, 1.82) is 0 Å². The van der Waals surface area contributed by atoms with Gasteiger partial charge >= 0.3 is 5.57 Å². The summed E-state index contributed by atoms with van der Waals surface area (Å²) >= 11 is 4.75. The summed E-state index contributed by atoms with van der Waals surface area (Å²) in [7, 11) is 0. The molecule has 0 unspecified atom stereocenters. The van der Waals surface area contributed by atoms with E-state index in [9.17, 15) is 18.7 Å². The van der Waals surface area contributed by atoms with Crippen molar-refractivity contribution < 1.29 is 23.4 Å². The Bertz CT molecular complexity index is 1120. The van der Waals surface area contributed by atoms with Crippen LogP contribution >= 0.6 is 11.6 Å². The maximum atomic E-state index is 12.8. The average Bonchev–Trinajstić information content (AvgIpc) is 3.44. The molecule has 3 heterocycles. The highest BCUT2D eigenvalue weighted by molar-refractivity contribution is 6.20. The zero-order valence-electron chi connectivity index (χ0n) is 17.3. The molecule has 0 spiro atoms. The number of anilines is 2. The Hall–Kier alpha value is -3.28. The van der Waals surface area contributed by atoms with Gasteiger partial charge in [0.2, 0.25) is 0 Å². The van der Waals surface area contributed by atoms with Crippen LogP contribution in [0.1, 0.15) is 16.8 Å². The summed E-state index contributed by atoms with van der Waals surface area (Å²) in [6.45, 7) is 1.01. The third-order valence-corrected chi connectivity index (χ3v) is 5.35. The molecule has 2 aromatic heterocycles. The van der Waals surface area contributed by atoms with Gasteiger partial charge in [-0.25, -0.2) is 4.98 Å². The molecule has 12 heteroatoms. The zero-order chi connectivity index (χ0) is 23.6. The maximum absolute atomic E-state index is 12.8. The topological polar surface area (TPSA) is 129 Å². The van der Waals surface area contributed by atoms with Crippen LogP contribution in [0.3, 0.4) is 0 Å². The quantitative estimate of drug-likeness (QED) is 0.384. The molecule has 5 N–H and O–H groups in total. The van der Waals surface area contributed by atoms with Gasteiger partial charge in [0.25, 0.3) is 5.91 Å². The van der Waals surface area contributed by atoms with Crippen LogP contribution in [-0.4, -0.2) is 57.0 Å². The van der Waals surface area contributed by atoms with Crippen LogP contribution in [0.4, 0.5) is 20.3 Å². The number of rotatable bonds is 7. The number of ether oxygens (including phenoxy) is 1. The molecule has 33 heavy (non-hydrogen) atoms. The maximum Gasteiger partial charge on any atom is 0.487 e. The second-order valence-corrected chi connectivity index (χ2v) is 8.13. The van der Waals surface area contributed by atoms with Crippen molar-refractivity contribution in [3.05, 3.63) is 54.4 Å². The van der Waals surface area contributed by atoms with Gasteiger partial charge in [-0.3, -0.25) is 9.89 Å². The van der Waals surface area contributed by atoms with Gasteiger partial charge in [-0.15, -0.1) is 8.78 Å². The van der Waals surface area contributed by atoms with E-state index in [4.69, 9.17) is 17.3 Å². The number of alkyl halides is 3. The van der Waals surface area contributed by atoms with Crippen molar-refractivity contribution in [2.24, 2.45) is 5.73 Å². The molecule has 0 aliphatic carbocycles. The molecule has 9 nitrogen and oxygen atoms in total. The van der Waals surface area contributed by atoms with Gasteiger partial charge in [0.05, 0.1) is 16.9 Å². The molecular weight excluding hydrogens is 458 g/mol. The van der Waals surface area contributed by atoms with Gasteiger partial charge < -0.3 is 25.8 Å². The molecule has 4 rings (SSSR count). The molecule has 0 saturated carbocycles. The summed E-state index contributed by atoms with van der Waals surface area (Å²) in [6.07, 6.45) is 3.52. The number of carbonyl (C=O) groups excluding carboxylic acids is 1. The molecule has 0 bridgehead atoms. The first-order chi connectivity index (χ1) is 15.7. The van der Waals surface area contributed by atoms with E-state index < -0.39 is 17.1 Å². The van der Waals surface area contributed by atoms with Crippen LogP contribution in [0.15, 0.2) is 48.8 Å². The van der Waals surface area contributed by atoms with Crippen LogP contribution in [-0.2, 0) is 0 Å². The van der Waals surface area contributed by atoms with E-state index in [1.807, 2.05) is 4.90 Å². The first-order valence-corrected chi connectivity index (χ1v) is 10.4. The number of nitrogens with zero attached hydrogens (tertiary/aromatic N) is 3. The SMILES string of the molecule is NC[C@]1(O)CCN(c2ncc(C(=O)Nc3ccc(OC(F)(F)Cl)cc3)cc2-c2ccn[nH]2)C1. The van der Waals surface area contributed by atoms with E-state index in [1.54, 1.807) is 18.3 Å². The number of nitrogens with two attached hydrogens (primary N) is 1. The molecular formula is C21H21ClF2N6O3. The molecule has 1 saturated heterocycles. The Morgan fingerprint density at radius 1 is 1.36 bits per heavy atom. The number of hydrogen-bond acceptors (Lipinski definition) is 7. The minimum absolute atomic E-state index is 0.135. The molecule has 1 aromatic carbocycles. The van der Waals surface area contributed by atoms with Gasteiger partial charge in [0, 0.05) is 54.9 Å². The minimum atomic E-state index is -3.82. The lowest BCUT2D eigenvalue weighted by Gasteiger charge is -2.24. The van der Waals surface area contributed by atoms with Crippen molar-refractivity contribution in [2.75, 3.05) is 29.9 Å². The van der Waals surface area contributed by atoms with Crippen molar-refractivity contribution in [3.63, 3.8) is 0 Å². The van der Waals surface area contributed by atoms with Crippen LogP contribution in [0.25, 0.3) is 11.3 Å². The number of carbonyl (C=O) groups is 1. The molecule has 3 aromatic rings. The monoisotopic (exact) mass is 478 g/mol. The Labute approximate surface area is 192 Å². The van der Waals surface area contributed by atoms with Crippen LogP contribution < -0.4 is 20.7 Å². The normalized spacial score (nSPS) is 18.4. The smallest absolute Gasteiger partial charge is 0.420 e. The van der Waals surface area contributed by atoms with Gasteiger partial charge in [-0.05, 0) is 42.8 Å². The number of nitrogens with one attached hydrogen (secondary N) is 2. The number of benzene rings is 1. The van der Waals surface area contributed by atoms with E-state index in [-0.39, 0.29) is 17.9 Å². The van der Waals surface area contributed by atoms with Gasteiger partial charge in [0.15, 0.2) is 0 Å². The van der Waals surface area contributed by atoms with Crippen molar-refractivity contribution in [3.8, 4) is 17.0 Å². The van der Waals surface area contributed by atoms with Gasteiger partial charge in [-0.2, -0.15) is 5.10 Å². The second kappa shape index (κ2) is 8.93. The number of amides is 1. The molecule has 1 fully saturated rings. The highest BCUT2D eigenvalue weighted by atomic mass is 35.5. The average molecular weight is 479 g/mol. The lowest BCUT2D eigenvalue weighted by Crippen LogP contribution is -2.40. The fourth-order valence-corrected chi connectivity index (χ4v) is 3.67. The Morgan fingerprint density at radius 2 is 2.12 bits per heavy atom. The highest BCUT2D eigenvalue weighted by Gasteiger charge is 2.36. The summed E-state index contributed by atoms with van der Waals surface area (Å²) in [5, 5.41) is 20.0. The number of H-pyrrole nitrogens is 1. The first kappa shape index (κ1) is 22.9. The van der Waals surface area contributed by atoms with Gasteiger partial charge in [-0.1, -0.05) is 0 Å². The van der Waals surface area contributed by atoms with Crippen molar-refractivity contribution >= 4 is 29.0 Å². The Morgan fingerprint density at radius 3 is 2.73 bits per heavy atom. The molecule has 1 amide bonds. The number of hydrogen-bond donors (Lipinski definition) is 4. The van der Waals surface area contributed by atoms with E-state index >= 15 is 0 Å². The molecule has 1 aliphatic rings. The van der Waals surface area contributed by atoms with E-state index in [0.29, 0.717) is 42.3 Å². The van der Waals surface area contributed by atoms with E-state index in [0.717, 1.165) is 0 Å². The lowest BCUT2D eigenvalue weighted by molar-refractivity contribution is -0.0964. The predicted molar refractivity (Wildman–Crippen MR) is 118 cm³/mol. The fraction of sp³-hybridized carbons (Fsp3) is 0.286. The third-order valence-electron chi connectivity index (χ3n) is 5.28. The van der Waals surface area contributed by atoms with Crippen LogP contribution in [0.2, 0.25) is 0 Å². The number of aromatic amines is 1. The number of aliphatic hydroxyl groups is 1. The summed E-state index contributed by atoms with van der Waals surface area (Å²) < 4.78 is 29.7. The van der Waals surface area contributed by atoms with Crippen LogP contribution in [0.5, 0.6) is 5.75 Å². The van der Waals surface area contributed by atoms with Crippen molar-refractivity contribution in [2.45, 2.75) is 17.6 Å². The molecule has 1 aliphatic heterocycles. The Kier molecular flexibility index (Phi) is 6.19. The highest BCUT2D eigenvalue weighted by Crippen LogP contribution is 2.33. The Balaban J connectivity index is 1.56. The zero-order valence-corrected chi connectivity index (χ0v) is 18.0. The first-order valence-electron chi connectivity index (χ1n) is 10.0. The predicted octanol–water partition coefficient (Wildman–Crippen LogP) is 2.79. The van der Waals surface area contributed by atoms with Crippen LogP contribution in [0, 0.1) is 0 Å². The number of β-amino-alcohol motifs (C(OH)–C–C–N with tert-alkyl or cyclic N) is 1. The standard InChI is InChI=1S/C21H21ClF2N6O3/c22-21(23,24)33-15-3-1-14(2-4-15)28-19(31)13-9-16(17-5-7-27-29-17)18(26-10-13)30-8-6-20(32,11-25)12-30/h1-5,7,9-10,32H,6,8,11-12,25H2,(H,27,29)(H,28,31)/t20-/m1/s1. The number of halogens is 3. The second-order valence-electron chi connectivity index (χ2n) is 7.69. The van der Waals surface area contributed by atoms with E-state index in [2.05, 4.69) is 25.2 Å². The number of pyridine rings is 1. The third kappa shape index (κ3) is 5.38. The molecule has 0 radical (unpaired) electrons. The van der Waals surface area contributed by atoms with Crippen molar-refractivity contribution in [1.82, 2.24) is 15.2 Å².